The highest BCUT2D eigenvalue weighted by Crippen LogP contribution is 2.32. The van der Waals surface area contributed by atoms with Crippen LogP contribution in [0.25, 0.3) is 0 Å². The molecule has 1 aliphatic rings. The first-order valence-corrected chi connectivity index (χ1v) is 3.87. The van der Waals surface area contributed by atoms with Crippen LogP contribution < -0.4 is 5.73 Å². The fraction of sp³-hybridized carbons (Fsp3) is 0.333. The van der Waals surface area contributed by atoms with E-state index in [4.69, 9.17) is 10.5 Å². The largest absolute Gasteiger partial charge is 0.398 e. The van der Waals surface area contributed by atoms with Crippen molar-refractivity contribution in [3.8, 4) is 0 Å². The fourth-order valence-corrected chi connectivity index (χ4v) is 1.37. The molecule has 12 heavy (non-hydrogen) atoms. The summed E-state index contributed by atoms with van der Waals surface area (Å²) < 4.78 is 4.94. The van der Waals surface area contributed by atoms with Crippen molar-refractivity contribution in [1.29, 1.82) is 0 Å². The molecule has 1 aliphatic heterocycles. The number of benzene rings is 1. The summed E-state index contributed by atoms with van der Waals surface area (Å²) >= 11 is 0. The van der Waals surface area contributed by atoms with E-state index in [-0.39, 0.29) is 0 Å². The van der Waals surface area contributed by atoms with Gasteiger partial charge in [0.1, 0.15) is 5.60 Å². The summed E-state index contributed by atoms with van der Waals surface area (Å²) in [4.78, 5) is 0. The van der Waals surface area contributed by atoms with Gasteiger partial charge < -0.3 is 15.6 Å². The number of anilines is 1. The maximum absolute atomic E-state index is 9.86. The molecule has 0 saturated carbocycles. The normalized spacial score (nSPS) is 20.1. The van der Waals surface area contributed by atoms with E-state index < -0.39 is 5.60 Å². The Morgan fingerprint density at radius 1 is 1.33 bits per heavy atom. The predicted octanol–water partition coefficient (Wildman–Crippen LogP) is 0.487. The molecule has 0 spiro atoms. The number of hydrogen-bond acceptors (Lipinski definition) is 3. The van der Waals surface area contributed by atoms with Crippen molar-refractivity contribution in [3.63, 3.8) is 0 Å². The third kappa shape index (κ3) is 0.983. The zero-order chi connectivity index (χ0) is 8.60. The average Bonchev–Trinajstić information content (AvgIpc) is 2.01. The van der Waals surface area contributed by atoms with Crippen molar-refractivity contribution in [2.24, 2.45) is 0 Å². The molecule has 1 heterocycles. The van der Waals surface area contributed by atoms with Crippen LogP contribution >= 0.6 is 0 Å². The minimum atomic E-state index is -0.842. The van der Waals surface area contributed by atoms with Gasteiger partial charge in [0.15, 0.2) is 0 Å². The van der Waals surface area contributed by atoms with Gasteiger partial charge in [0.2, 0.25) is 0 Å². The number of ether oxygens (including phenoxy) is 1. The number of nitrogen functional groups attached to an aromatic ring is 1. The summed E-state index contributed by atoms with van der Waals surface area (Å²) in [5, 5.41) is 9.86. The topological polar surface area (TPSA) is 55.5 Å². The number of nitrogens with two attached hydrogens (primary N) is 1. The molecule has 1 aromatic carbocycles. The molecule has 2 rings (SSSR count). The van der Waals surface area contributed by atoms with E-state index in [1.54, 1.807) is 6.07 Å². The molecule has 3 heteroatoms. The first-order chi connectivity index (χ1) is 5.72. The molecule has 3 nitrogen and oxygen atoms in total. The van der Waals surface area contributed by atoms with Gasteiger partial charge >= 0.3 is 0 Å². The zero-order valence-corrected chi connectivity index (χ0v) is 6.66. The van der Waals surface area contributed by atoms with Gasteiger partial charge in [0, 0.05) is 11.3 Å². The van der Waals surface area contributed by atoms with E-state index in [2.05, 4.69) is 0 Å². The lowest BCUT2D eigenvalue weighted by atomic mass is 9.91. The highest BCUT2D eigenvalue weighted by atomic mass is 16.5. The van der Waals surface area contributed by atoms with E-state index in [1.165, 1.54) is 0 Å². The average molecular weight is 165 g/mol. The van der Waals surface area contributed by atoms with Crippen LogP contribution in [0.1, 0.15) is 5.56 Å². The van der Waals surface area contributed by atoms with Crippen molar-refractivity contribution in [3.05, 3.63) is 29.8 Å². The lowest BCUT2D eigenvalue weighted by Gasteiger charge is -2.37. The summed E-state index contributed by atoms with van der Waals surface area (Å²) in [6, 6.07) is 7.33. The minimum absolute atomic E-state index is 0.348. The van der Waals surface area contributed by atoms with Gasteiger partial charge in [-0.15, -0.1) is 0 Å². The van der Waals surface area contributed by atoms with Crippen LogP contribution in [0.5, 0.6) is 0 Å². The third-order valence-electron chi connectivity index (χ3n) is 2.14. The Hall–Kier alpha value is -1.06. The van der Waals surface area contributed by atoms with Crippen LogP contribution in [0.3, 0.4) is 0 Å². The minimum Gasteiger partial charge on any atom is -0.398 e. The van der Waals surface area contributed by atoms with Gasteiger partial charge in [-0.25, -0.2) is 0 Å². The Morgan fingerprint density at radius 2 is 2.00 bits per heavy atom. The van der Waals surface area contributed by atoms with Crippen molar-refractivity contribution in [1.82, 2.24) is 0 Å². The molecule has 0 aliphatic carbocycles. The highest BCUT2D eigenvalue weighted by molar-refractivity contribution is 5.50. The van der Waals surface area contributed by atoms with Crippen LogP contribution in [-0.2, 0) is 10.3 Å². The van der Waals surface area contributed by atoms with E-state index in [0.717, 1.165) is 5.56 Å². The van der Waals surface area contributed by atoms with Gasteiger partial charge in [-0.2, -0.15) is 0 Å². The molecule has 0 amide bonds. The van der Waals surface area contributed by atoms with Crippen LogP contribution in [0, 0.1) is 0 Å². The van der Waals surface area contributed by atoms with Crippen molar-refractivity contribution < 1.29 is 9.84 Å². The number of aliphatic hydroxyl groups is 1. The summed E-state index contributed by atoms with van der Waals surface area (Å²) in [5.41, 5.74) is 6.26. The predicted molar refractivity (Wildman–Crippen MR) is 45.6 cm³/mol. The number of hydrogen-bond donors (Lipinski definition) is 2. The quantitative estimate of drug-likeness (QED) is 0.595. The molecule has 1 saturated heterocycles. The summed E-state index contributed by atoms with van der Waals surface area (Å²) in [7, 11) is 0. The number of rotatable bonds is 1. The molecule has 64 valence electrons. The molecular formula is C9H11NO2. The Balaban J connectivity index is 2.39. The van der Waals surface area contributed by atoms with Crippen molar-refractivity contribution >= 4 is 5.69 Å². The van der Waals surface area contributed by atoms with Crippen LogP contribution in [-0.4, -0.2) is 18.3 Å². The van der Waals surface area contributed by atoms with Crippen molar-refractivity contribution in [2.45, 2.75) is 5.60 Å². The smallest absolute Gasteiger partial charge is 0.138 e. The Bertz CT molecular complexity index is 294. The van der Waals surface area contributed by atoms with Gasteiger partial charge in [-0.05, 0) is 6.07 Å². The fourth-order valence-electron chi connectivity index (χ4n) is 1.37. The highest BCUT2D eigenvalue weighted by Gasteiger charge is 2.39. The van der Waals surface area contributed by atoms with Gasteiger partial charge in [0.05, 0.1) is 13.2 Å². The van der Waals surface area contributed by atoms with Gasteiger partial charge in [0.25, 0.3) is 0 Å². The molecule has 0 atom stereocenters. The zero-order valence-electron chi connectivity index (χ0n) is 6.66. The van der Waals surface area contributed by atoms with E-state index in [0.29, 0.717) is 18.9 Å². The molecular weight excluding hydrogens is 154 g/mol. The second-order valence-corrected chi connectivity index (χ2v) is 3.11. The number of para-hydroxylation sites is 1. The summed E-state index contributed by atoms with van der Waals surface area (Å²) in [6.45, 7) is 0.697. The maximum atomic E-state index is 9.86. The molecule has 0 unspecified atom stereocenters. The van der Waals surface area contributed by atoms with Crippen LogP contribution in [0.4, 0.5) is 5.69 Å². The lowest BCUT2D eigenvalue weighted by Crippen LogP contribution is -2.46. The first kappa shape index (κ1) is 7.58. The van der Waals surface area contributed by atoms with E-state index >= 15 is 0 Å². The second kappa shape index (κ2) is 2.47. The Morgan fingerprint density at radius 3 is 2.50 bits per heavy atom. The van der Waals surface area contributed by atoms with Gasteiger partial charge in [-0.1, -0.05) is 18.2 Å². The van der Waals surface area contributed by atoms with Crippen molar-refractivity contribution in [2.75, 3.05) is 18.9 Å². The van der Waals surface area contributed by atoms with Gasteiger partial charge in [-0.3, -0.25) is 0 Å². The van der Waals surface area contributed by atoms with E-state index in [1.807, 2.05) is 18.2 Å². The Labute approximate surface area is 70.8 Å². The molecule has 3 N–H and O–H groups in total. The molecule has 0 bridgehead atoms. The first-order valence-electron chi connectivity index (χ1n) is 3.87. The molecule has 1 fully saturated rings. The summed E-state index contributed by atoms with van der Waals surface area (Å²) in [5.74, 6) is 0. The molecule has 1 aromatic rings. The Kier molecular flexibility index (Phi) is 1.56. The SMILES string of the molecule is Nc1ccccc1C1(O)COC1. The van der Waals surface area contributed by atoms with Crippen LogP contribution in [0.15, 0.2) is 24.3 Å². The van der Waals surface area contributed by atoms with E-state index in [9.17, 15) is 5.11 Å². The summed E-state index contributed by atoms with van der Waals surface area (Å²) in [6.07, 6.45) is 0. The maximum Gasteiger partial charge on any atom is 0.138 e. The molecule has 0 radical (unpaired) electrons. The second-order valence-electron chi connectivity index (χ2n) is 3.11. The lowest BCUT2D eigenvalue weighted by molar-refractivity contribution is -0.184. The monoisotopic (exact) mass is 165 g/mol. The third-order valence-corrected chi connectivity index (χ3v) is 2.14. The standard InChI is InChI=1S/C9H11NO2/c10-8-4-2-1-3-7(8)9(11)5-12-6-9/h1-4,11H,5-6,10H2. The molecule has 0 aromatic heterocycles. The van der Waals surface area contributed by atoms with Crippen LogP contribution in [0.2, 0.25) is 0 Å².